The fourth-order valence-electron chi connectivity index (χ4n) is 3.86. The molecule has 2 heterocycles. The van der Waals surface area contributed by atoms with E-state index in [1.165, 1.54) is 16.7 Å². The summed E-state index contributed by atoms with van der Waals surface area (Å²) in [6.45, 7) is 8.30. The summed E-state index contributed by atoms with van der Waals surface area (Å²) >= 11 is 0. The van der Waals surface area contributed by atoms with E-state index in [2.05, 4.69) is 90.3 Å². The monoisotopic (exact) mass is 634 g/mol. The molecule has 3 aromatic carbocycles. The van der Waals surface area contributed by atoms with E-state index in [-0.39, 0.29) is 20.1 Å². The topological polar surface area (TPSA) is 38.7 Å². The fraction of sp³-hybridized carbons (Fsp3) is 0.129. The fourth-order valence-corrected chi connectivity index (χ4v) is 3.86. The molecule has 0 saturated carbocycles. The van der Waals surface area contributed by atoms with Crippen LogP contribution in [0.1, 0.15) is 22.4 Å². The Kier molecular flexibility index (Phi) is 9.19. The summed E-state index contributed by atoms with van der Waals surface area (Å²) < 4.78 is 0. The van der Waals surface area contributed by atoms with Gasteiger partial charge in [0, 0.05) is 38.2 Å². The van der Waals surface area contributed by atoms with Gasteiger partial charge in [0.05, 0.1) is 5.82 Å². The zero-order chi connectivity index (χ0) is 23.9. The molecule has 0 aliphatic carbocycles. The molecule has 0 unspecified atom stereocenters. The molecule has 177 valence electrons. The summed E-state index contributed by atoms with van der Waals surface area (Å²) in [5.74, 6) is 0.704. The number of hydrogen-bond acceptors (Lipinski definition) is 3. The second kappa shape index (κ2) is 12.3. The van der Waals surface area contributed by atoms with E-state index >= 15 is 0 Å². The van der Waals surface area contributed by atoms with Crippen LogP contribution in [0.5, 0.6) is 0 Å². The third-order valence-electron chi connectivity index (χ3n) is 5.24. The van der Waals surface area contributed by atoms with E-state index in [1.54, 1.807) is 12.4 Å². The minimum Gasteiger partial charge on any atom is -0.302 e. The quantitative estimate of drug-likeness (QED) is 0.195. The van der Waals surface area contributed by atoms with E-state index in [4.69, 9.17) is 0 Å². The van der Waals surface area contributed by atoms with Crippen molar-refractivity contribution in [2.45, 2.75) is 27.7 Å². The van der Waals surface area contributed by atoms with Crippen LogP contribution in [-0.4, -0.2) is 15.0 Å². The molecule has 5 aromatic rings. The van der Waals surface area contributed by atoms with Crippen LogP contribution in [0.25, 0.3) is 33.8 Å². The number of benzene rings is 3. The van der Waals surface area contributed by atoms with Crippen molar-refractivity contribution in [2.24, 2.45) is 0 Å². The molecule has 3 nitrogen and oxygen atoms in total. The van der Waals surface area contributed by atoms with Crippen molar-refractivity contribution in [3.8, 4) is 33.8 Å². The van der Waals surface area contributed by atoms with Gasteiger partial charge in [0.2, 0.25) is 0 Å². The SMILES string of the molecule is Cc1[c-]c(-c2cc(C)cc(C)n2)cc(C)c1.[Ir].[c-]1ccc(-c2ccccc2)cc1-c1ncccn1. The van der Waals surface area contributed by atoms with Gasteiger partial charge in [0.1, 0.15) is 0 Å². The zero-order valence-electron chi connectivity index (χ0n) is 20.3. The largest absolute Gasteiger partial charge is 0.302 e. The molecule has 35 heavy (non-hydrogen) atoms. The molecular weight excluding hydrogens is 607 g/mol. The van der Waals surface area contributed by atoms with Crippen LogP contribution in [0.2, 0.25) is 0 Å². The summed E-state index contributed by atoms with van der Waals surface area (Å²) in [5.41, 5.74) is 10.1. The number of pyridine rings is 1. The molecule has 0 fully saturated rings. The van der Waals surface area contributed by atoms with E-state index < -0.39 is 0 Å². The van der Waals surface area contributed by atoms with Gasteiger partial charge in [0.15, 0.2) is 0 Å². The van der Waals surface area contributed by atoms with Gasteiger partial charge < -0.3 is 4.98 Å². The summed E-state index contributed by atoms with van der Waals surface area (Å²) in [6, 6.07) is 33.1. The molecule has 2 aromatic heterocycles. The van der Waals surface area contributed by atoms with Crippen molar-refractivity contribution in [3.05, 3.63) is 126 Å². The maximum atomic E-state index is 4.56. The summed E-state index contributed by atoms with van der Waals surface area (Å²) in [5, 5.41) is 0. The molecule has 0 aliphatic heterocycles. The molecule has 0 N–H and O–H groups in total. The van der Waals surface area contributed by atoms with Crippen LogP contribution >= 0.6 is 0 Å². The molecule has 0 saturated heterocycles. The van der Waals surface area contributed by atoms with E-state index in [1.807, 2.05) is 43.3 Å². The Morgan fingerprint density at radius 1 is 0.657 bits per heavy atom. The van der Waals surface area contributed by atoms with Crippen LogP contribution in [0.3, 0.4) is 0 Å². The van der Waals surface area contributed by atoms with Crippen molar-refractivity contribution in [1.82, 2.24) is 15.0 Å². The maximum Gasteiger partial charge on any atom is 0.0748 e. The van der Waals surface area contributed by atoms with Crippen LogP contribution in [0.4, 0.5) is 0 Å². The van der Waals surface area contributed by atoms with Gasteiger partial charge in [-0.1, -0.05) is 55.8 Å². The first-order valence-corrected chi connectivity index (χ1v) is 11.3. The third kappa shape index (κ3) is 7.26. The van der Waals surface area contributed by atoms with Gasteiger partial charge >= 0.3 is 0 Å². The predicted octanol–water partition coefficient (Wildman–Crippen LogP) is 7.39. The van der Waals surface area contributed by atoms with Crippen molar-refractivity contribution in [3.63, 3.8) is 0 Å². The molecule has 0 atom stereocenters. The molecule has 0 bridgehead atoms. The Balaban J connectivity index is 0.000000192. The Morgan fingerprint density at radius 3 is 2.06 bits per heavy atom. The molecule has 1 radical (unpaired) electrons. The Morgan fingerprint density at radius 2 is 1.37 bits per heavy atom. The second-order valence-corrected chi connectivity index (χ2v) is 8.35. The molecule has 0 aliphatic rings. The summed E-state index contributed by atoms with van der Waals surface area (Å²) in [6.07, 6.45) is 3.48. The molecular formula is C31H27IrN3-2. The number of hydrogen-bond donors (Lipinski definition) is 0. The van der Waals surface area contributed by atoms with Gasteiger partial charge in [0.25, 0.3) is 0 Å². The van der Waals surface area contributed by atoms with E-state index in [0.717, 1.165) is 33.6 Å². The van der Waals surface area contributed by atoms with Crippen LogP contribution in [0.15, 0.2) is 91.3 Å². The van der Waals surface area contributed by atoms with Gasteiger partial charge in [-0.25, -0.2) is 0 Å². The number of aromatic nitrogens is 3. The van der Waals surface area contributed by atoms with Crippen molar-refractivity contribution in [2.75, 3.05) is 0 Å². The van der Waals surface area contributed by atoms with Crippen LogP contribution < -0.4 is 0 Å². The van der Waals surface area contributed by atoms with E-state index in [0.29, 0.717) is 5.82 Å². The van der Waals surface area contributed by atoms with Gasteiger partial charge in [-0.05, 0) is 37.2 Å². The van der Waals surface area contributed by atoms with Crippen LogP contribution in [0, 0.1) is 39.8 Å². The summed E-state index contributed by atoms with van der Waals surface area (Å²) in [7, 11) is 0. The first-order valence-electron chi connectivity index (χ1n) is 11.3. The Hall–Kier alpha value is -3.46. The maximum absolute atomic E-state index is 4.56. The molecule has 0 spiro atoms. The molecule has 5 rings (SSSR count). The third-order valence-corrected chi connectivity index (χ3v) is 5.24. The van der Waals surface area contributed by atoms with Crippen molar-refractivity contribution >= 4 is 0 Å². The minimum absolute atomic E-state index is 0. The average Bonchev–Trinajstić information content (AvgIpc) is 2.84. The molecule has 4 heteroatoms. The van der Waals surface area contributed by atoms with E-state index in [9.17, 15) is 0 Å². The van der Waals surface area contributed by atoms with Crippen molar-refractivity contribution in [1.29, 1.82) is 0 Å². The number of rotatable bonds is 3. The normalized spacial score (nSPS) is 10.1. The van der Waals surface area contributed by atoms with Gasteiger partial charge in [-0.15, -0.1) is 70.3 Å². The molecule has 0 amide bonds. The summed E-state index contributed by atoms with van der Waals surface area (Å²) in [4.78, 5) is 13.0. The minimum atomic E-state index is 0. The first kappa shape index (κ1) is 26.1. The standard InChI is InChI=1S/C16H11N2.C15H16N.Ir/c1-2-6-13(7-3-1)14-8-4-9-15(12-14)16-17-10-5-11-18-16;1-10-5-11(2)8-14(7-10)15-9-12(3)6-13(4)16-15;/h1-8,10-12H;5-7,9H,1-4H3;/q2*-1;. The predicted molar refractivity (Wildman–Crippen MR) is 139 cm³/mol. The Labute approximate surface area is 221 Å². The van der Waals surface area contributed by atoms with Crippen LogP contribution in [-0.2, 0) is 20.1 Å². The Bertz CT molecular complexity index is 1240. The first-order chi connectivity index (χ1) is 16.5. The number of nitrogens with zero attached hydrogens (tertiary/aromatic N) is 3. The van der Waals surface area contributed by atoms with Crippen molar-refractivity contribution < 1.29 is 20.1 Å². The average molecular weight is 634 g/mol. The van der Waals surface area contributed by atoms with Gasteiger partial charge in [-0.3, -0.25) is 9.97 Å². The second-order valence-electron chi connectivity index (χ2n) is 8.35. The zero-order valence-corrected chi connectivity index (χ0v) is 22.7. The van der Waals surface area contributed by atoms with Gasteiger partial charge in [-0.2, -0.15) is 0 Å². The smallest absolute Gasteiger partial charge is 0.0748 e. The number of aryl methyl sites for hydroxylation is 4.